The molecule has 0 unspecified atom stereocenters. The van der Waals surface area contributed by atoms with Crippen LogP contribution < -0.4 is 5.32 Å². The van der Waals surface area contributed by atoms with E-state index in [1.807, 2.05) is 22.6 Å². The molecule has 0 aromatic heterocycles. The second-order valence-corrected chi connectivity index (χ2v) is 4.16. The van der Waals surface area contributed by atoms with Crippen molar-refractivity contribution in [3.8, 4) is 0 Å². The van der Waals surface area contributed by atoms with Crippen molar-refractivity contribution >= 4 is 22.6 Å². The minimum atomic E-state index is -0.499. The third-order valence-corrected chi connectivity index (χ3v) is 3.36. The summed E-state index contributed by atoms with van der Waals surface area (Å²) in [5.74, 6) is -0.967. The van der Waals surface area contributed by atoms with Crippen LogP contribution in [-0.4, -0.2) is 6.54 Å². The summed E-state index contributed by atoms with van der Waals surface area (Å²) in [5, 5.41) is 3.12. The summed E-state index contributed by atoms with van der Waals surface area (Å²) in [7, 11) is 0. The Kier molecular flexibility index (Phi) is 2.51. The Morgan fingerprint density at radius 2 is 2.08 bits per heavy atom. The fourth-order valence-electron chi connectivity index (χ4n) is 1.38. The molecule has 0 amide bonds. The molecule has 1 heterocycles. The lowest BCUT2D eigenvalue weighted by atomic mass is 9.98. The fraction of sp³-hybridized carbons (Fsp3) is 0.333. The van der Waals surface area contributed by atoms with Gasteiger partial charge in [-0.25, -0.2) is 8.78 Å². The van der Waals surface area contributed by atoms with Crippen molar-refractivity contribution in [2.45, 2.75) is 12.5 Å². The molecule has 1 saturated heterocycles. The van der Waals surface area contributed by atoms with E-state index in [1.165, 1.54) is 6.07 Å². The Bertz CT molecular complexity index is 337. The van der Waals surface area contributed by atoms with E-state index in [-0.39, 0.29) is 6.04 Å². The van der Waals surface area contributed by atoms with E-state index in [0.717, 1.165) is 24.6 Å². The zero-order chi connectivity index (χ0) is 9.42. The summed E-state index contributed by atoms with van der Waals surface area (Å²) < 4.78 is 26.5. The number of benzene rings is 1. The lowest BCUT2D eigenvalue weighted by Crippen LogP contribution is -2.35. The second-order valence-electron chi connectivity index (χ2n) is 3.09. The largest absolute Gasteiger partial charge is 0.310 e. The summed E-state index contributed by atoms with van der Waals surface area (Å²) in [6, 6.07) is 2.46. The van der Waals surface area contributed by atoms with E-state index < -0.39 is 11.6 Å². The minimum absolute atomic E-state index is 0.136. The molecule has 1 aromatic rings. The molecule has 2 rings (SSSR count). The average Bonchev–Trinajstić information content (AvgIpc) is 1.95. The molecule has 1 aliphatic rings. The molecule has 4 heteroatoms. The first-order chi connectivity index (χ1) is 6.18. The van der Waals surface area contributed by atoms with E-state index in [9.17, 15) is 8.78 Å². The molecule has 1 atom stereocenters. The second kappa shape index (κ2) is 3.49. The molecule has 1 nitrogen and oxygen atoms in total. The van der Waals surface area contributed by atoms with Crippen LogP contribution >= 0.6 is 22.6 Å². The van der Waals surface area contributed by atoms with Gasteiger partial charge in [-0.15, -0.1) is 0 Å². The van der Waals surface area contributed by atoms with Gasteiger partial charge in [-0.2, -0.15) is 0 Å². The number of nitrogens with one attached hydrogen (secondary N) is 1. The van der Waals surface area contributed by atoms with Gasteiger partial charge in [0.15, 0.2) is 0 Å². The molecule has 70 valence electrons. The quantitative estimate of drug-likeness (QED) is 0.620. The Hall–Kier alpha value is -0.230. The molecule has 1 fully saturated rings. The van der Waals surface area contributed by atoms with Gasteiger partial charge in [-0.1, -0.05) is 0 Å². The molecule has 1 aliphatic heterocycles. The maximum Gasteiger partial charge on any atom is 0.139 e. The number of hydrogen-bond donors (Lipinski definition) is 1. The van der Waals surface area contributed by atoms with E-state index in [4.69, 9.17) is 0 Å². The summed E-state index contributed by atoms with van der Waals surface area (Å²) in [6.45, 7) is 0.929. The molecule has 0 bridgehead atoms. The third-order valence-electron chi connectivity index (χ3n) is 2.22. The van der Waals surface area contributed by atoms with Crippen molar-refractivity contribution in [2.75, 3.05) is 6.54 Å². The highest BCUT2D eigenvalue weighted by molar-refractivity contribution is 14.1. The van der Waals surface area contributed by atoms with Crippen molar-refractivity contribution < 1.29 is 8.78 Å². The van der Waals surface area contributed by atoms with Crippen LogP contribution in [0.3, 0.4) is 0 Å². The van der Waals surface area contributed by atoms with Gasteiger partial charge >= 0.3 is 0 Å². The number of rotatable bonds is 1. The lowest BCUT2D eigenvalue weighted by Gasteiger charge is -2.28. The highest BCUT2D eigenvalue weighted by atomic mass is 127. The van der Waals surface area contributed by atoms with Crippen molar-refractivity contribution in [1.82, 2.24) is 5.32 Å². The van der Waals surface area contributed by atoms with Crippen molar-refractivity contribution in [3.05, 3.63) is 32.9 Å². The van der Waals surface area contributed by atoms with E-state index >= 15 is 0 Å². The Morgan fingerprint density at radius 1 is 1.38 bits per heavy atom. The van der Waals surface area contributed by atoms with Crippen LogP contribution in [0.5, 0.6) is 0 Å². The molecular weight excluding hydrogens is 287 g/mol. The van der Waals surface area contributed by atoms with Gasteiger partial charge in [0.2, 0.25) is 0 Å². The standard InChI is InChI=1S/C9H8F2IN/c10-5-3-6(8-1-2-13-8)9(12)7(11)4-5/h3-4,8,13H,1-2H2/t8-/m0/s1. The molecular formula is C9H8F2IN. The molecule has 1 N–H and O–H groups in total. The number of hydrogen-bond acceptors (Lipinski definition) is 1. The normalized spacial score (nSPS) is 21.3. The van der Waals surface area contributed by atoms with Crippen molar-refractivity contribution in [3.63, 3.8) is 0 Å². The molecule has 0 saturated carbocycles. The SMILES string of the molecule is Fc1cc(F)c(I)c([C@@H]2CCN2)c1. The van der Waals surface area contributed by atoms with Gasteiger partial charge < -0.3 is 5.32 Å². The topological polar surface area (TPSA) is 12.0 Å². The summed E-state index contributed by atoms with van der Waals surface area (Å²) in [4.78, 5) is 0. The number of halogens is 3. The predicted molar refractivity (Wildman–Crippen MR) is 54.4 cm³/mol. The van der Waals surface area contributed by atoms with E-state index in [1.54, 1.807) is 0 Å². The van der Waals surface area contributed by atoms with Crippen LogP contribution in [-0.2, 0) is 0 Å². The van der Waals surface area contributed by atoms with Crippen LogP contribution in [0.4, 0.5) is 8.78 Å². The molecule has 0 aliphatic carbocycles. The highest BCUT2D eigenvalue weighted by Gasteiger charge is 2.22. The maximum absolute atomic E-state index is 13.1. The Labute approximate surface area is 88.7 Å². The fourth-order valence-corrected chi connectivity index (χ4v) is 2.07. The van der Waals surface area contributed by atoms with E-state index in [2.05, 4.69) is 5.32 Å². The Morgan fingerprint density at radius 3 is 2.62 bits per heavy atom. The molecule has 0 radical (unpaired) electrons. The monoisotopic (exact) mass is 295 g/mol. The van der Waals surface area contributed by atoms with Crippen LogP contribution in [0.2, 0.25) is 0 Å². The van der Waals surface area contributed by atoms with Gasteiger partial charge in [-0.05, 0) is 47.2 Å². The van der Waals surface area contributed by atoms with Gasteiger partial charge in [0, 0.05) is 12.1 Å². The van der Waals surface area contributed by atoms with Gasteiger partial charge in [-0.3, -0.25) is 0 Å². The third kappa shape index (κ3) is 1.69. The molecule has 13 heavy (non-hydrogen) atoms. The summed E-state index contributed by atoms with van der Waals surface area (Å²) in [5.41, 5.74) is 0.740. The van der Waals surface area contributed by atoms with Crippen LogP contribution in [0.25, 0.3) is 0 Å². The average molecular weight is 295 g/mol. The molecule has 1 aromatic carbocycles. The molecule has 0 spiro atoms. The van der Waals surface area contributed by atoms with Gasteiger partial charge in [0.05, 0.1) is 3.57 Å². The first-order valence-corrected chi connectivity index (χ1v) is 5.14. The smallest absolute Gasteiger partial charge is 0.139 e. The minimum Gasteiger partial charge on any atom is -0.310 e. The predicted octanol–water partition coefficient (Wildman–Crippen LogP) is 2.60. The first-order valence-electron chi connectivity index (χ1n) is 4.06. The zero-order valence-corrected chi connectivity index (χ0v) is 8.94. The summed E-state index contributed by atoms with van der Waals surface area (Å²) >= 11 is 1.91. The lowest BCUT2D eigenvalue weighted by molar-refractivity contribution is 0.378. The van der Waals surface area contributed by atoms with Crippen LogP contribution in [0.15, 0.2) is 12.1 Å². The summed E-state index contributed by atoms with van der Waals surface area (Å²) in [6.07, 6.45) is 0.957. The Balaban J connectivity index is 2.42. The maximum atomic E-state index is 13.1. The van der Waals surface area contributed by atoms with Crippen molar-refractivity contribution in [2.24, 2.45) is 0 Å². The van der Waals surface area contributed by atoms with Gasteiger partial charge in [0.1, 0.15) is 11.6 Å². The van der Waals surface area contributed by atoms with Crippen LogP contribution in [0.1, 0.15) is 18.0 Å². The first kappa shape index (κ1) is 9.33. The van der Waals surface area contributed by atoms with Gasteiger partial charge in [0.25, 0.3) is 0 Å². The van der Waals surface area contributed by atoms with E-state index in [0.29, 0.717) is 3.57 Å². The van der Waals surface area contributed by atoms with Crippen molar-refractivity contribution in [1.29, 1.82) is 0 Å². The highest BCUT2D eigenvalue weighted by Crippen LogP contribution is 2.29. The van der Waals surface area contributed by atoms with Crippen LogP contribution in [0, 0.1) is 15.2 Å². The zero-order valence-electron chi connectivity index (χ0n) is 6.78.